The van der Waals surface area contributed by atoms with E-state index in [1.54, 1.807) is 41.2 Å². The topological polar surface area (TPSA) is 168 Å². The van der Waals surface area contributed by atoms with Crippen LogP contribution in [0.4, 0.5) is 17.1 Å². The van der Waals surface area contributed by atoms with E-state index in [1.165, 1.54) is 12.1 Å². The molecular weight excluding hydrogens is 446 g/mol. The summed E-state index contributed by atoms with van der Waals surface area (Å²) in [5.41, 5.74) is -0.981. The summed E-state index contributed by atoms with van der Waals surface area (Å²) in [6.07, 6.45) is 3.42. The van der Waals surface area contributed by atoms with Gasteiger partial charge in [0.15, 0.2) is 5.82 Å². The van der Waals surface area contributed by atoms with Crippen LogP contribution < -0.4 is 10.1 Å². The Labute approximate surface area is 191 Å². The molecule has 0 saturated carbocycles. The summed E-state index contributed by atoms with van der Waals surface area (Å²) < 4.78 is 7.42. The van der Waals surface area contributed by atoms with E-state index in [9.17, 15) is 25.0 Å². The fourth-order valence-corrected chi connectivity index (χ4v) is 2.98. The maximum Gasteiger partial charge on any atom is 0.277 e. The molecule has 1 amide bonds. The van der Waals surface area contributed by atoms with Gasteiger partial charge in [-0.15, -0.1) is 10.2 Å². The molecule has 4 rings (SSSR count). The van der Waals surface area contributed by atoms with Crippen molar-refractivity contribution in [3.05, 3.63) is 98.6 Å². The van der Waals surface area contributed by atoms with Crippen molar-refractivity contribution in [1.29, 1.82) is 0 Å². The van der Waals surface area contributed by atoms with Gasteiger partial charge in [-0.1, -0.05) is 0 Å². The largest absolute Gasteiger partial charge is 0.438 e. The number of aromatic nitrogens is 4. The van der Waals surface area contributed by atoms with Gasteiger partial charge in [-0.25, -0.2) is 4.98 Å². The average molecular weight is 461 g/mol. The van der Waals surface area contributed by atoms with Gasteiger partial charge in [-0.05, 0) is 37.3 Å². The van der Waals surface area contributed by atoms with Crippen LogP contribution in [0.25, 0.3) is 5.82 Å². The molecule has 170 valence electrons. The van der Waals surface area contributed by atoms with Crippen molar-refractivity contribution < 1.29 is 19.4 Å². The SMILES string of the molecule is Cc1nccn1-c1ccc(Oc2ccc(NC(=O)c3cc([N+](=O)[O-])cc([N+](=O)[O-])c3)cc2)nn1. The standard InChI is InChI=1S/C21H15N7O6/c1-13-22-8-9-26(13)19-6-7-20(25-24-19)34-18-4-2-15(3-5-18)23-21(29)14-10-16(27(30)31)12-17(11-14)28(32)33/h2-12H,1H3,(H,23,29). The molecule has 2 aromatic heterocycles. The highest BCUT2D eigenvalue weighted by atomic mass is 16.6. The summed E-state index contributed by atoms with van der Waals surface area (Å²) in [6.45, 7) is 1.84. The zero-order valence-electron chi connectivity index (χ0n) is 17.5. The number of imidazole rings is 1. The Morgan fingerprint density at radius 3 is 2.18 bits per heavy atom. The molecule has 0 bridgehead atoms. The molecule has 0 aliphatic heterocycles. The number of amides is 1. The number of nitrogens with zero attached hydrogens (tertiary/aromatic N) is 6. The summed E-state index contributed by atoms with van der Waals surface area (Å²) in [6, 6.07) is 12.3. The predicted molar refractivity (Wildman–Crippen MR) is 118 cm³/mol. The summed E-state index contributed by atoms with van der Waals surface area (Å²) in [7, 11) is 0. The number of nitro benzene ring substituents is 2. The molecule has 4 aromatic rings. The fraction of sp³-hybridized carbons (Fsp3) is 0.0476. The van der Waals surface area contributed by atoms with Crippen LogP contribution in [0.15, 0.2) is 67.0 Å². The number of benzene rings is 2. The molecule has 0 spiro atoms. The van der Waals surface area contributed by atoms with Crippen LogP contribution in [-0.2, 0) is 0 Å². The van der Waals surface area contributed by atoms with E-state index in [4.69, 9.17) is 4.74 Å². The quantitative estimate of drug-likeness (QED) is 0.317. The molecular formula is C21H15N7O6. The second-order valence-corrected chi connectivity index (χ2v) is 6.91. The lowest BCUT2D eigenvalue weighted by atomic mass is 10.1. The molecule has 0 radical (unpaired) electrons. The number of carbonyl (C=O) groups is 1. The Bertz CT molecular complexity index is 1350. The van der Waals surface area contributed by atoms with Gasteiger partial charge in [0.05, 0.1) is 21.5 Å². The third kappa shape index (κ3) is 4.83. The van der Waals surface area contributed by atoms with Crippen molar-refractivity contribution in [2.24, 2.45) is 0 Å². The molecule has 13 nitrogen and oxygen atoms in total. The highest BCUT2D eigenvalue weighted by molar-refractivity contribution is 6.05. The molecule has 2 aromatic carbocycles. The van der Waals surface area contributed by atoms with Crippen molar-refractivity contribution in [2.45, 2.75) is 6.92 Å². The number of nitrogens with one attached hydrogen (secondary N) is 1. The van der Waals surface area contributed by atoms with Crippen LogP contribution in [-0.4, -0.2) is 35.5 Å². The van der Waals surface area contributed by atoms with Crippen LogP contribution >= 0.6 is 0 Å². The molecule has 0 aliphatic rings. The van der Waals surface area contributed by atoms with Gasteiger partial charge >= 0.3 is 0 Å². The lowest BCUT2D eigenvalue weighted by Crippen LogP contribution is -2.12. The van der Waals surface area contributed by atoms with E-state index in [1.807, 2.05) is 6.92 Å². The van der Waals surface area contributed by atoms with E-state index < -0.39 is 27.1 Å². The van der Waals surface area contributed by atoms with Gasteiger partial charge in [0.2, 0.25) is 5.88 Å². The fourth-order valence-electron chi connectivity index (χ4n) is 2.98. The summed E-state index contributed by atoms with van der Waals surface area (Å²) in [5.74, 6) is 1.28. The molecule has 0 unspecified atom stereocenters. The smallest absolute Gasteiger partial charge is 0.277 e. The minimum absolute atomic E-state index is 0.218. The number of carbonyl (C=O) groups excluding carboxylic acids is 1. The number of anilines is 1. The van der Waals surface area contributed by atoms with Crippen molar-refractivity contribution >= 4 is 23.0 Å². The first-order valence-electron chi connectivity index (χ1n) is 9.67. The van der Waals surface area contributed by atoms with E-state index in [0.29, 0.717) is 17.3 Å². The molecule has 13 heteroatoms. The minimum atomic E-state index is -0.804. The van der Waals surface area contributed by atoms with Crippen molar-refractivity contribution in [2.75, 3.05) is 5.32 Å². The third-order valence-corrected chi connectivity index (χ3v) is 4.62. The van der Waals surface area contributed by atoms with E-state index in [-0.39, 0.29) is 11.4 Å². The van der Waals surface area contributed by atoms with Gasteiger partial charge in [0.1, 0.15) is 11.6 Å². The molecule has 0 atom stereocenters. The monoisotopic (exact) mass is 461 g/mol. The highest BCUT2D eigenvalue weighted by Gasteiger charge is 2.20. The Morgan fingerprint density at radius 1 is 0.971 bits per heavy atom. The number of ether oxygens (including phenoxy) is 1. The average Bonchev–Trinajstić information content (AvgIpc) is 3.26. The second-order valence-electron chi connectivity index (χ2n) is 6.91. The summed E-state index contributed by atoms with van der Waals surface area (Å²) in [5, 5.41) is 32.7. The number of non-ortho nitro benzene ring substituents is 2. The van der Waals surface area contributed by atoms with Crippen LogP contribution in [0.1, 0.15) is 16.2 Å². The predicted octanol–water partition coefficient (Wildman–Crippen LogP) is 3.83. The zero-order chi connectivity index (χ0) is 24.2. The Morgan fingerprint density at radius 2 is 1.65 bits per heavy atom. The number of rotatable bonds is 7. The van der Waals surface area contributed by atoms with E-state index >= 15 is 0 Å². The van der Waals surface area contributed by atoms with Crippen LogP contribution in [0, 0.1) is 27.2 Å². The number of hydrogen-bond donors (Lipinski definition) is 1. The number of hydrogen-bond acceptors (Lipinski definition) is 9. The Kier molecular flexibility index (Phi) is 5.90. The molecule has 0 fully saturated rings. The molecule has 2 heterocycles. The van der Waals surface area contributed by atoms with Crippen molar-refractivity contribution in [1.82, 2.24) is 19.7 Å². The minimum Gasteiger partial charge on any atom is -0.438 e. The lowest BCUT2D eigenvalue weighted by Gasteiger charge is -2.08. The molecule has 1 N–H and O–H groups in total. The van der Waals surface area contributed by atoms with Gasteiger partial charge in [-0.3, -0.25) is 29.6 Å². The highest BCUT2D eigenvalue weighted by Crippen LogP contribution is 2.25. The van der Waals surface area contributed by atoms with E-state index in [0.717, 1.165) is 24.0 Å². The first kappa shape index (κ1) is 22.0. The summed E-state index contributed by atoms with van der Waals surface area (Å²) in [4.78, 5) is 37.0. The Balaban J connectivity index is 1.44. The van der Waals surface area contributed by atoms with Gasteiger partial charge in [-0.2, -0.15) is 0 Å². The van der Waals surface area contributed by atoms with Crippen LogP contribution in [0.2, 0.25) is 0 Å². The maximum absolute atomic E-state index is 12.5. The second kappa shape index (κ2) is 9.12. The molecule has 0 aliphatic carbocycles. The number of aryl methyl sites for hydroxylation is 1. The third-order valence-electron chi connectivity index (χ3n) is 4.62. The van der Waals surface area contributed by atoms with Gasteiger partial charge < -0.3 is 10.1 Å². The first-order chi connectivity index (χ1) is 16.3. The molecule has 0 saturated heterocycles. The summed E-state index contributed by atoms with van der Waals surface area (Å²) >= 11 is 0. The van der Waals surface area contributed by atoms with Gasteiger partial charge in [0, 0.05) is 36.3 Å². The van der Waals surface area contributed by atoms with Crippen LogP contribution in [0.3, 0.4) is 0 Å². The zero-order valence-corrected chi connectivity index (χ0v) is 17.5. The number of nitro groups is 2. The van der Waals surface area contributed by atoms with Crippen LogP contribution in [0.5, 0.6) is 11.6 Å². The van der Waals surface area contributed by atoms with Crippen molar-refractivity contribution in [3.8, 4) is 17.4 Å². The maximum atomic E-state index is 12.5. The van der Waals surface area contributed by atoms with Crippen molar-refractivity contribution in [3.63, 3.8) is 0 Å². The Hall–Kier alpha value is -5.20. The normalized spacial score (nSPS) is 10.5. The van der Waals surface area contributed by atoms with E-state index in [2.05, 4.69) is 20.5 Å². The molecule has 34 heavy (non-hydrogen) atoms. The lowest BCUT2D eigenvalue weighted by molar-refractivity contribution is -0.394. The first-order valence-corrected chi connectivity index (χ1v) is 9.67. The van der Waals surface area contributed by atoms with Gasteiger partial charge in [0.25, 0.3) is 17.3 Å².